The van der Waals surface area contributed by atoms with Crippen LogP contribution in [0.4, 0.5) is 5.69 Å². The summed E-state index contributed by atoms with van der Waals surface area (Å²) in [6.45, 7) is 1.82. The number of rotatable bonds is 6. The van der Waals surface area contributed by atoms with Crippen LogP contribution in [0.1, 0.15) is 30.1 Å². The lowest BCUT2D eigenvalue weighted by molar-refractivity contribution is -0.384. The van der Waals surface area contributed by atoms with Gasteiger partial charge in [0.15, 0.2) is 0 Å². The normalized spacial score (nSPS) is 11.7. The lowest BCUT2D eigenvalue weighted by Gasteiger charge is -2.14. The van der Waals surface area contributed by atoms with E-state index in [9.17, 15) is 19.7 Å². The first kappa shape index (κ1) is 16.3. The van der Waals surface area contributed by atoms with Crippen LogP contribution in [0.25, 0.3) is 0 Å². The van der Waals surface area contributed by atoms with Gasteiger partial charge in [0.05, 0.1) is 10.5 Å². The van der Waals surface area contributed by atoms with Gasteiger partial charge >= 0.3 is 5.97 Å². The molecule has 1 unspecified atom stereocenters. The summed E-state index contributed by atoms with van der Waals surface area (Å²) in [7, 11) is 0. The number of halogens is 1. The SMILES string of the molecule is CCCC(NC(=O)c1ccc([N+](=O)[O-])cc1I)C(=O)O. The van der Waals surface area contributed by atoms with Crippen LogP contribution in [0.15, 0.2) is 18.2 Å². The molecule has 0 radical (unpaired) electrons. The number of aliphatic carboxylic acids is 1. The number of carbonyl (C=O) groups excluding carboxylic acids is 1. The highest BCUT2D eigenvalue weighted by molar-refractivity contribution is 14.1. The summed E-state index contributed by atoms with van der Waals surface area (Å²) in [5.74, 6) is -1.65. The van der Waals surface area contributed by atoms with Crippen LogP contribution < -0.4 is 5.32 Å². The van der Waals surface area contributed by atoms with Gasteiger partial charge in [0.1, 0.15) is 6.04 Å². The van der Waals surface area contributed by atoms with E-state index in [1.165, 1.54) is 18.2 Å². The summed E-state index contributed by atoms with van der Waals surface area (Å²) in [5.41, 5.74) is 0.104. The Balaban J connectivity index is 2.92. The number of nitro groups is 1. The van der Waals surface area contributed by atoms with E-state index in [2.05, 4.69) is 5.32 Å². The van der Waals surface area contributed by atoms with E-state index >= 15 is 0 Å². The second-order valence-corrected chi connectivity index (χ2v) is 5.24. The molecule has 0 aliphatic carbocycles. The lowest BCUT2D eigenvalue weighted by atomic mass is 10.1. The molecule has 7 nitrogen and oxygen atoms in total. The third-order valence-electron chi connectivity index (χ3n) is 2.59. The summed E-state index contributed by atoms with van der Waals surface area (Å²) >= 11 is 1.81. The standard InChI is InChI=1S/C12H13IN2O5/c1-2-3-10(12(17)18)14-11(16)8-5-4-7(15(19)20)6-9(8)13/h4-6,10H,2-3H2,1H3,(H,14,16)(H,17,18). The first-order valence-corrected chi connectivity index (χ1v) is 6.92. The first-order chi connectivity index (χ1) is 9.36. The summed E-state index contributed by atoms with van der Waals surface area (Å²) in [4.78, 5) is 33.0. The predicted octanol–water partition coefficient (Wildman–Crippen LogP) is 2.18. The first-order valence-electron chi connectivity index (χ1n) is 5.84. The Morgan fingerprint density at radius 2 is 2.15 bits per heavy atom. The van der Waals surface area contributed by atoms with Crippen molar-refractivity contribution in [3.63, 3.8) is 0 Å². The molecular weight excluding hydrogens is 379 g/mol. The maximum absolute atomic E-state index is 12.0. The van der Waals surface area contributed by atoms with Gasteiger partial charge in [-0.3, -0.25) is 14.9 Å². The van der Waals surface area contributed by atoms with Gasteiger partial charge in [-0.1, -0.05) is 13.3 Å². The van der Waals surface area contributed by atoms with Crippen molar-refractivity contribution in [2.24, 2.45) is 0 Å². The molecule has 0 fully saturated rings. The summed E-state index contributed by atoms with van der Waals surface area (Å²) < 4.78 is 0.398. The number of non-ortho nitro benzene ring substituents is 1. The quantitative estimate of drug-likeness (QED) is 0.438. The highest BCUT2D eigenvalue weighted by Crippen LogP contribution is 2.19. The van der Waals surface area contributed by atoms with Crippen LogP contribution in [-0.2, 0) is 4.79 Å². The number of carboxylic acid groups (broad SMARTS) is 1. The Hall–Kier alpha value is -1.71. The van der Waals surface area contributed by atoms with E-state index in [1.54, 1.807) is 0 Å². The van der Waals surface area contributed by atoms with E-state index in [4.69, 9.17) is 5.11 Å². The van der Waals surface area contributed by atoms with E-state index in [0.29, 0.717) is 16.4 Å². The van der Waals surface area contributed by atoms with Gasteiger partial charge in [-0.25, -0.2) is 4.79 Å². The number of hydrogen-bond acceptors (Lipinski definition) is 4. The van der Waals surface area contributed by atoms with Crippen LogP contribution in [0.3, 0.4) is 0 Å². The van der Waals surface area contributed by atoms with E-state index in [-0.39, 0.29) is 11.3 Å². The molecule has 2 N–H and O–H groups in total. The molecular formula is C12H13IN2O5. The van der Waals surface area contributed by atoms with Crippen LogP contribution in [-0.4, -0.2) is 27.9 Å². The predicted molar refractivity (Wildman–Crippen MR) is 79.6 cm³/mol. The molecule has 1 amide bonds. The molecule has 0 saturated carbocycles. The average molecular weight is 392 g/mol. The van der Waals surface area contributed by atoms with Crippen LogP contribution >= 0.6 is 22.6 Å². The third-order valence-corrected chi connectivity index (χ3v) is 3.48. The molecule has 1 atom stereocenters. The molecule has 8 heteroatoms. The molecule has 20 heavy (non-hydrogen) atoms. The van der Waals surface area contributed by atoms with E-state index < -0.39 is 22.8 Å². The number of carbonyl (C=O) groups is 2. The highest BCUT2D eigenvalue weighted by Gasteiger charge is 2.21. The molecule has 0 aliphatic heterocycles. The minimum atomic E-state index is -1.10. The van der Waals surface area contributed by atoms with Crippen LogP contribution in [0.2, 0.25) is 0 Å². The summed E-state index contributed by atoms with van der Waals surface area (Å²) in [5, 5.41) is 22.0. The molecule has 1 rings (SSSR count). The van der Waals surface area contributed by atoms with Crippen molar-refractivity contribution in [2.75, 3.05) is 0 Å². The summed E-state index contributed by atoms with van der Waals surface area (Å²) in [6.07, 6.45) is 0.944. The van der Waals surface area contributed by atoms with Crippen molar-refractivity contribution in [1.29, 1.82) is 0 Å². The Morgan fingerprint density at radius 3 is 2.60 bits per heavy atom. The Morgan fingerprint density at radius 1 is 1.50 bits per heavy atom. The number of benzene rings is 1. The topological polar surface area (TPSA) is 110 Å². The third kappa shape index (κ3) is 4.15. The van der Waals surface area contributed by atoms with Gasteiger partial charge in [-0.2, -0.15) is 0 Å². The van der Waals surface area contributed by atoms with Gasteiger partial charge in [0.25, 0.3) is 11.6 Å². The molecule has 0 saturated heterocycles. The maximum atomic E-state index is 12.0. The number of amides is 1. The average Bonchev–Trinajstić information content (AvgIpc) is 2.37. The Kier molecular flexibility index (Phi) is 5.86. The Bertz CT molecular complexity index is 547. The molecule has 108 valence electrons. The maximum Gasteiger partial charge on any atom is 0.326 e. The van der Waals surface area contributed by atoms with Crippen molar-refractivity contribution < 1.29 is 19.6 Å². The van der Waals surface area contributed by atoms with Gasteiger partial charge in [0.2, 0.25) is 0 Å². The van der Waals surface area contributed by atoms with Crippen molar-refractivity contribution in [3.05, 3.63) is 37.4 Å². The minimum Gasteiger partial charge on any atom is -0.480 e. The Labute approximate surface area is 128 Å². The molecule has 0 aliphatic rings. The van der Waals surface area contributed by atoms with E-state index in [0.717, 1.165) is 0 Å². The number of nitro benzene ring substituents is 1. The molecule has 0 heterocycles. The van der Waals surface area contributed by atoms with Gasteiger partial charge < -0.3 is 10.4 Å². The molecule has 1 aromatic carbocycles. The minimum absolute atomic E-state index is 0.116. The highest BCUT2D eigenvalue weighted by atomic mass is 127. The summed E-state index contributed by atoms with van der Waals surface area (Å²) in [6, 6.07) is 2.84. The smallest absolute Gasteiger partial charge is 0.326 e. The van der Waals surface area contributed by atoms with Crippen LogP contribution in [0.5, 0.6) is 0 Å². The largest absolute Gasteiger partial charge is 0.480 e. The van der Waals surface area contributed by atoms with E-state index in [1.807, 2.05) is 29.5 Å². The van der Waals surface area contributed by atoms with Crippen molar-refractivity contribution >= 4 is 40.2 Å². The fraction of sp³-hybridized carbons (Fsp3) is 0.333. The second-order valence-electron chi connectivity index (χ2n) is 4.07. The fourth-order valence-corrected chi connectivity index (χ4v) is 2.33. The van der Waals surface area contributed by atoms with Crippen molar-refractivity contribution in [2.45, 2.75) is 25.8 Å². The molecule has 1 aromatic rings. The monoisotopic (exact) mass is 392 g/mol. The molecule has 0 aromatic heterocycles. The zero-order chi connectivity index (χ0) is 15.3. The van der Waals surface area contributed by atoms with Gasteiger partial charge in [0, 0.05) is 15.7 Å². The fourth-order valence-electron chi connectivity index (χ4n) is 1.58. The van der Waals surface area contributed by atoms with Gasteiger partial charge in [-0.05, 0) is 35.1 Å². The lowest BCUT2D eigenvalue weighted by Crippen LogP contribution is -2.40. The van der Waals surface area contributed by atoms with Crippen molar-refractivity contribution in [3.8, 4) is 0 Å². The number of nitrogens with zero attached hydrogens (tertiary/aromatic N) is 1. The van der Waals surface area contributed by atoms with Gasteiger partial charge in [-0.15, -0.1) is 0 Å². The molecule has 0 bridgehead atoms. The second kappa shape index (κ2) is 7.17. The van der Waals surface area contributed by atoms with Crippen LogP contribution in [0, 0.1) is 13.7 Å². The number of nitrogens with one attached hydrogen (secondary N) is 1. The zero-order valence-electron chi connectivity index (χ0n) is 10.6. The number of hydrogen-bond donors (Lipinski definition) is 2. The number of carboxylic acids is 1. The molecule has 0 spiro atoms. The van der Waals surface area contributed by atoms with Crippen molar-refractivity contribution in [1.82, 2.24) is 5.32 Å². The zero-order valence-corrected chi connectivity index (χ0v) is 12.8.